The van der Waals surface area contributed by atoms with Gasteiger partial charge in [-0.1, -0.05) is 0 Å². The summed E-state index contributed by atoms with van der Waals surface area (Å²) in [6.07, 6.45) is -0.178. The lowest BCUT2D eigenvalue weighted by molar-refractivity contribution is -0.141. The van der Waals surface area contributed by atoms with Gasteiger partial charge in [-0.3, -0.25) is 4.79 Å². The van der Waals surface area contributed by atoms with Crippen LogP contribution in [0.2, 0.25) is 2.82 Å². The molecule has 1 atom stereocenters. The molecule has 1 amide bonds. The largest absolute Gasteiger partial charge is 0.493 e. The fourth-order valence-corrected chi connectivity index (χ4v) is 2.90. The summed E-state index contributed by atoms with van der Waals surface area (Å²) in [4.78, 5) is 22.5. The molecule has 2 aromatic rings. The monoisotopic (exact) mass is 401 g/mol. The first-order chi connectivity index (χ1) is 19.1. The van der Waals surface area contributed by atoms with E-state index in [0.717, 1.165) is 4.90 Å². The number of carbonyl (C=O) groups excluding carboxylic acids is 1. The molecule has 2 fully saturated rings. The minimum absolute atomic E-state index is 0.102. The third kappa shape index (κ3) is 3.37. The maximum atomic E-state index is 13.0. The lowest BCUT2D eigenvalue weighted by atomic mass is 10.2. The van der Waals surface area contributed by atoms with Crippen molar-refractivity contribution in [1.29, 1.82) is 0 Å². The molecule has 2 saturated heterocycles. The number of hydrogen-bond donors (Lipinski definition) is 1. The van der Waals surface area contributed by atoms with Crippen LogP contribution >= 0.6 is 0 Å². The van der Waals surface area contributed by atoms with Crippen molar-refractivity contribution in [2.24, 2.45) is 0 Å². The van der Waals surface area contributed by atoms with Gasteiger partial charge in [0.25, 0.3) is 5.91 Å². The van der Waals surface area contributed by atoms with Crippen molar-refractivity contribution in [3.63, 3.8) is 0 Å². The number of nitrogens with two attached hydrogens (primary N) is 1. The smallest absolute Gasteiger partial charge is 0.251 e. The summed E-state index contributed by atoms with van der Waals surface area (Å²) < 4.78 is 126. The van der Waals surface area contributed by atoms with E-state index in [2.05, 4.69) is 9.97 Å². The first-order valence-electron chi connectivity index (χ1n) is 15.2. The Hall–Kier alpha value is -2.81. The van der Waals surface area contributed by atoms with Crippen LogP contribution in [0.3, 0.4) is 0 Å². The summed E-state index contributed by atoms with van der Waals surface area (Å²) in [6.45, 7) is -6.44. The Balaban J connectivity index is 1.88. The van der Waals surface area contributed by atoms with Gasteiger partial charge >= 0.3 is 0 Å². The summed E-state index contributed by atoms with van der Waals surface area (Å²) in [5.41, 5.74) is -0.699. The predicted octanol–water partition coefficient (Wildman–Crippen LogP) is 1.06. The molecule has 9 nitrogen and oxygen atoms in total. The molecule has 2 aliphatic heterocycles. The van der Waals surface area contributed by atoms with Gasteiger partial charge in [-0.2, -0.15) is 4.98 Å². The Bertz CT molecular complexity index is 1360. The highest BCUT2D eigenvalue weighted by Gasteiger charge is 2.31. The number of rotatable bonds is 5. The van der Waals surface area contributed by atoms with Crippen LogP contribution in [0, 0.1) is 0 Å². The van der Waals surface area contributed by atoms with E-state index in [0.29, 0.717) is 17.7 Å². The number of nitrogen functional groups attached to an aromatic ring is 1. The molecule has 0 bridgehead atoms. The van der Waals surface area contributed by atoms with Crippen molar-refractivity contribution in [3.05, 3.63) is 12.1 Å². The Kier molecular flexibility index (Phi) is 2.27. The maximum absolute atomic E-state index is 13.0. The number of aromatic nitrogens is 2. The second kappa shape index (κ2) is 7.67. The summed E-state index contributed by atoms with van der Waals surface area (Å²) in [7, 11) is -6.47. The fourth-order valence-electron chi connectivity index (χ4n) is 2.90. The zero-order valence-electron chi connectivity index (χ0n) is 28.5. The molecule has 0 saturated carbocycles. The normalized spacial score (nSPS) is 31.5. The lowest BCUT2D eigenvalue weighted by Gasteiger charge is -2.35. The molecule has 3 heterocycles. The van der Waals surface area contributed by atoms with Crippen molar-refractivity contribution in [2.75, 3.05) is 57.4 Å². The van der Waals surface area contributed by atoms with Gasteiger partial charge < -0.3 is 29.7 Å². The van der Waals surface area contributed by atoms with Crippen LogP contribution in [-0.2, 0) is 9.53 Å². The van der Waals surface area contributed by atoms with Crippen molar-refractivity contribution in [2.45, 2.75) is 18.9 Å². The molecule has 2 N–H and O–H groups in total. The zero-order chi connectivity index (χ0) is 31.6. The van der Waals surface area contributed by atoms with Gasteiger partial charge in [0, 0.05) is 44.1 Å². The molecule has 28 heavy (non-hydrogen) atoms. The van der Waals surface area contributed by atoms with Gasteiger partial charge in [0.15, 0.2) is 14.3 Å². The first-order valence-corrected chi connectivity index (χ1v) is 8.34. The number of carbonyl (C=O) groups is 1. The minimum atomic E-state index is -3.24. The lowest BCUT2D eigenvalue weighted by Crippen LogP contribution is -2.51. The van der Waals surface area contributed by atoms with Gasteiger partial charge in [0.05, 0.1) is 36.0 Å². The van der Waals surface area contributed by atoms with E-state index in [-0.39, 0.29) is 12.3 Å². The molecule has 0 aliphatic carbocycles. The van der Waals surface area contributed by atoms with Crippen LogP contribution in [0.15, 0.2) is 12.1 Å². The number of amides is 1. The molecule has 150 valence electrons. The Morgan fingerprint density at radius 2 is 2.14 bits per heavy atom. The number of methoxy groups -OCH3 is 2. The maximum Gasteiger partial charge on any atom is 0.251 e. The van der Waals surface area contributed by atoms with E-state index in [9.17, 15) is 4.79 Å². The molecule has 0 radical (unpaired) electrons. The molecule has 1 unspecified atom stereocenters. The molecule has 1 aromatic heterocycles. The van der Waals surface area contributed by atoms with Crippen LogP contribution in [0.5, 0.6) is 11.5 Å². The number of hydrogen-bond acceptors (Lipinski definition) is 8. The zero-order valence-corrected chi connectivity index (χ0v) is 14.5. The minimum Gasteiger partial charge on any atom is -0.493 e. The average Bonchev–Trinajstić information content (AvgIpc) is 3.36. The van der Waals surface area contributed by atoms with E-state index < -0.39 is 98.4 Å². The average molecular weight is 402 g/mol. The molecule has 4 rings (SSSR count). The summed E-state index contributed by atoms with van der Waals surface area (Å²) in [5.74, 6) is -4.14. The standard InChI is InChI=1S/C19H25N5O4/c1-26-15-10-12-13(11-16(15)27-2)21-19(22-17(12)20)24-7-5-23(6-8-24)18(25)14-4-3-9-28-14/h10-11,14H,3-9H2,1-2H3,(H2,20,21,22)/i1D3,2D3,5D2,6D2,10D,11D/hD2. The Labute approximate surface area is 183 Å². The second-order valence-corrected chi connectivity index (χ2v) is 6.03. The van der Waals surface area contributed by atoms with Gasteiger partial charge in [-0.05, 0) is 18.9 Å². The second-order valence-electron chi connectivity index (χ2n) is 6.03. The van der Waals surface area contributed by atoms with E-state index in [4.69, 9.17) is 33.5 Å². The first kappa shape index (κ1) is 8.28. The third-order valence-corrected chi connectivity index (χ3v) is 4.31. The SMILES string of the molecule is [2H]c1c(OC([2H])([2H])[2H])c(OC([2H])([2H])[2H])c([2H])c2c(N([2H])[2H])nc(N3CC([2H])([2H])N(C(=O)C4CCCO4)C([2H])([2H])C3)nc12. The van der Waals surface area contributed by atoms with Crippen molar-refractivity contribution < 1.29 is 38.3 Å². The summed E-state index contributed by atoms with van der Waals surface area (Å²) in [6, 6.07) is -1.83. The molecule has 0 spiro atoms. The molecule has 2 aliphatic rings. The van der Waals surface area contributed by atoms with Gasteiger partial charge in [-0.15, -0.1) is 0 Å². The van der Waals surface area contributed by atoms with Crippen LogP contribution in [0.1, 0.15) is 29.3 Å². The number of ether oxygens (including phenoxy) is 3. The van der Waals surface area contributed by atoms with E-state index in [1.165, 1.54) is 0 Å². The molecular weight excluding hydrogens is 362 g/mol. The van der Waals surface area contributed by atoms with E-state index >= 15 is 0 Å². The molecule has 1 aromatic carbocycles. The molecule has 9 heteroatoms. The number of piperazine rings is 1. The van der Waals surface area contributed by atoms with Crippen molar-refractivity contribution in [1.82, 2.24) is 14.9 Å². The number of anilines is 2. The summed E-state index contributed by atoms with van der Waals surface area (Å²) >= 11 is 0. The van der Waals surface area contributed by atoms with Gasteiger partial charge in [-0.25, -0.2) is 4.98 Å². The van der Waals surface area contributed by atoms with E-state index in [1.54, 1.807) is 0 Å². The van der Waals surface area contributed by atoms with Gasteiger partial charge in [0.1, 0.15) is 11.9 Å². The number of fused-ring (bicyclic) bond motifs is 1. The predicted molar refractivity (Wildman–Crippen MR) is 105 cm³/mol. The topological polar surface area (TPSA) is 103 Å². The van der Waals surface area contributed by atoms with Crippen molar-refractivity contribution >= 4 is 28.6 Å². The van der Waals surface area contributed by atoms with Gasteiger partial charge in [0.2, 0.25) is 5.95 Å². The Morgan fingerprint density at radius 1 is 1.36 bits per heavy atom. The number of benzene rings is 1. The van der Waals surface area contributed by atoms with E-state index in [1.807, 2.05) is 0 Å². The highest BCUT2D eigenvalue weighted by atomic mass is 16.5. The highest BCUT2D eigenvalue weighted by Crippen LogP contribution is 2.34. The fraction of sp³-hybridized carbons (Fsp3) is 0.526. The van der Waals surface area contributed by atoms with Crippen molar-refractivity contribution in [3.8, 4) is 11.5 Å². The highest BCUT2D eigenvalue weighted by molar-refractivity contribution is 5.91. The van der Waals surface area contributed by atoms with Crippen LogP contribution in [0.4, 0.5) is 11.8 Å². The number of nitrogens with zero attached hydrogens (tertiary/aromatic N) is 4. The van der Waals surface area contributed by atoms with Crippen LogP contribution in [-0.4, -0.2) is 73.6 Å². The Morgan fingerprint density at radius 3 is 2.82 bits per heavy atom. The van der Waals surface area contributed by atoms with Crippen LogP contribution < -0.4 is 20.1 Å². The third-order valence-electron chi connectivity index (χ3n) is 4.31. The quantitative estimate of drug-likeness (QED) is 0.793. The van der Waals surface area contributed by atoms with Crippen LogP contribution in [0.25, 0.3) is 10.9 Å². The summed E-state index contributed by atoms with van der Waals surface area (Å²) in [5, 5.41) is -0.566. The molecular formula is C19H25N5O4.